The molecule has 2 N–H and O–H groups in total. The summed E-state index contributed by atoms with van der Waals surface area (Å²) < 4.78 is 5.31. The van der Waals surface area contributed by atoms with Crippen LogP contribution in [0.25, 0.3) is 0 Å². The lowest BCUT2D eigenvalue weighted by molar-refractivity contribution is 0.0696. The lowest BCUT2D eigenvalue weighted by Crippen LogP contribution is -2.42. The number of hydrogen-bond donors (Lipinski definition) is 2. The fourth-order valence-electron chi connectivity index (χ4n) is 2.74. The van der Waals surface area contributed by atoms with Gasteiger partial charge in [0.15, 0.2) is 0 Å². The van der Waals surface area contributed by atoms with Gasteiger partial charge in [-0.3, -0.25) is 4.90 Å². The van der Waals surface area contributed by atoms with E-state index in [1.165, 1.54) is 17.0 Å². The third kappa shape index (κ3) is 3.38. The number of aromatic carboxylic acids is 1. The van der Waals surface area contributed by atoms with Gasteiger partial charge in [0, 0.05) is 6.42 Å². The van der Waals surface area contributed by atoms with Crippen molar-refractivity contribution in [3.8, 4) is 0 Å². The Balaban J connectivity index is 1.78. The van der Waals surface area contributed by atoms with Crippen LogP contribution in [0.2, 0.25) is 0 Å². The summed E-state index contributed by atoms with van der Waals surface area (Å²) in [4.78, 5) is 24.8. The number of aliphatic hydroxyl groups excluding tert-OH is 1. The topological polar surface area (TPSA) is 87.1 Å². The number of carbonyl (C=O) groups excluding carboxylic acids is 1. The number of ether oxygens (including phenoxy) is 1. The SMILES string of the molecule is O=C(O)c1ccc2c(c1)CC(O)CN2C(=O)OCc1ccccc1. The van der Waals surface area contributed by atoms with Crippen LogP contribution in [0.15, 0.2) is 48.5 Å². The fourth-order valence-corrected chi connectivity index (χ4v) is 2.74. The monoisotopic (exact) mass is 327 g/mol. The average Bonchev–Trinajstić information content (AvgIpc) is 2.59. The molecule has 0 aromatic heterocycles. The van der Waals surface area contributed by atoms with Crippen LogP contribution in [0.4, 0.5) is 10.5 Å². The van der Waals surface area contributed by atoms with Gasteiger partial charge in [-0.05, 0) is 29.3 Å². The number of carboxylic acids is 1. The summed E-state index contributed by atoms with van der Waals surface area (Å²) in [7, 11) is 0. The summed E-state index contributed by atoms with van der Waals surface area (Å²) in [6, 6.07) is 13.8. The van der Waals surface area contributed by atoms with E-state index >= 15 is 0 Å². The Morgan fingerprint density at radius 2 is 1.92 bits per heavy atom. The predicted molar refractivity (Wildman–Crippen MR) is 87.1 cm³/mol. The highest BCUT2D eigenvalue weighted by Gasteiger charge is 2.29. The van der Waals surface area contributed by atoms with E-state index in [2.05, 4.69) is 0 Å². The normalized spacial score (nSPS) is 16.4. The van der Waals surface area contributed by atoms with Gasteiger partial charge in [0.2, 0.25) is 0 Å². The van der Waals surface area contributed by atoms with Crippen molar-refractivity contribution in [3.63, 3.8) is 0 Å². The minimum atomic E-state index is -1.05. The summed E-state index contributed by atoms with van der Waals surface area (Å²) in [6.07, 6.45) is -1.02. The van der Waals surface area contributed by atoms with Gasteiger partial charge in [-0.15, -0.1) is 0 Å². The minimum absolute atomic E-state index is 0.118. The summed E-state index contributed by atoms with van der Waals surface area (Å²) in [6.45, 7) is 0.252. The van der Waals surface area contributed by atoms with E-state index in [1.54, 1.807) is 6.07 Å². The first-order chi connectivity index (χ1) is 11.5. The number of β-amino-alcohol motifs (C(OH)–C–C–N with tert-alkyl or cyclic N) is 1. The average molecular weight is 327 g/mol. The zero-order chi connectivity index (χ0) is 17.1. The van der Waals surface area contributed by atoms with E-state index in [9.17, 15) is 14.7 Å². The number of carboxylic acid groups (broad SMARTS) is 1. The summed E-state index contributed by atoms with van der Waals surface area (Å²) in [5.41, 5.74) is 2.18. The van der Waals surface area contributed by atoms with Gasteiger partial charge in [0.1, 0.15) is 6.61 Å². The van der Waals surface area contributed by atoms with Crippen molar-refractivity contribution in [1.82, 2.24) is 0 Å². The molecule has 0 spiro atoms. The molecule has 0 radical (unpaired) electrons. The van der Waals surface area contributed by atoms with Crippen LogP contribution in [0.1, 0.15) is 21.5 Å². The second-order valence-corrected chi connectivity index (χ2v) is 5.66. The molecule has 24 heavy (non-hydrogen) atoms. The first-order valence-corrected chi connectivity index (χ1v) is 7.57. The molecule has 1 amide bonds. The van der Waals surface area contributed by atoms with Gasteiger partial charge in [-0.1, -0.05) is 30.3 Å². The number of rotatable bonds is 3. The van der Waals surface area contributed by atoms with Crippen molar-refractivity contribution in [3.05, 3.63) is 65.2 Å². The van der Waals surface area contributed by atoms with Crippen molar-refractivity contribution >= 4 is 17.7 Å². The predicted octanol–water partition coefficient (Wildman–Crippen LogP) is 2.45. The molecule has 1 aliphatic rings. The summed E-state index contributed by atoms with van der Waals surface area (Å²) in [5.74, 6) is -1.05. The van der Waals surface area contributed by atoms with Crippen LogP contribution in [0.5, 0.6) is 0 Å². The van der Waals surface area contributed by atoms with Crippen LogP contribution < -0.4 is 4.90 Å². The van der Waals surface area contributed by atoms with Gasteiger partial charge < -0.3 is 14.9 Å². The molecule has 0 saturated heterocycles. The van der Waals surface area contributed by atoms with E-state index in [4.69, 9.17) is 9.84 Å². The molecule has 2 aromatic rings. The van der Waals surface area contributed by atoms with Crippen molar-refractivity contribution in [2.45, 2.75) is 19.1 Å². The quantitative estimate of drug-likeness (QED) is 0.904. The Morgan fingerprint density at radius 3 is 2.62 bits per heavy atom. The largest absolute Gasteiger partial charge is 0.478 e. The van der Waals surface area contributed by atoms with Crippen LogP contribution in [0, 0.1) is 0 Å². The maximum absolute atomic E-state index is 12.4. The van der Waals surface area contributed by atoms with Crippen molar-refractivity contribution in [2.24, 2.45) is 0 Å². The van der Waals surface area contributed by atoms with Gasteiger partial charge in [-0.2, -0.15) is 0 Å². The number of anilines is 1. The van der Waals surface area contributed by atoms with Crippen LogP contribution >= 0.6 is 0 Å². The zero-order valence-electron chi connectivity index (χ0n) is 12.9. The van der Waals surface area contributed by atoms with E-state index < -0.39 is 18.2 Å². The zero-order valence-corrected chi connectivity index (χ0v) is 12.9. The van der Waals surface area contributed by atoms with Gasteiger partial charge in [-0.25, -0.2) is 9.59 Å². The van der Waals surface area contributed by atoms with Crippen molar-refractivity contribution < 1.29 is 24.5 Å². The minimum Gasteiger partial charge on any atom is -0.478 e. The second-order valence-electron chi connectivity index (χ2n) is 5.66. The lowest BCUT2D eigenvalue weighted by Gasteiger charge is -2.31. The smallest absolute Gasteiger partial charge is 0.414 e. The Hall–Kier alpha value is -2.86. The molecule has 1 heterocycles. The third-order valence-corrected chi connectivity index (χ3v) is 3.89. The van der Waals surface area contributed by atoms with E-state index in [0.29, 0.717) is 17.7 Å². The number of carbonyl (C=O) groups is 2. The molecule has 6 heteroatoms. The molecule has 2 aromatic carbocycles. The number of fused-ring (bicyclic) bond motifs is 1. The van der Waals surface area contributed by atoms with Crippen molar-refractivity contribution in [2.75, 3.05) is 11.4 Å². The Bertz CT molecular complexity index is 759. The Labute approximate surface area is 138 Å². The molecule has 6 nitrogen and oxygen atoms in total. The maximum Gasteiger partial charge on any atom is 0.414 e. The molecule has 0 saturated carbocycles. The molecule has 124 valence electrons. The number of nitrogens with zero attached hydrogens (tertiary/aromatic N) is 1. The van der Waals surface area contributed by atoms with Crippen LogP contribution in [0.3, 0.4) is 0 Å². The molecule has 1 atom stereocenters. The molecule has 1 unspecified atom stereocenters. The molecule has 0 aliphatic carbocycles. The van der Waals surface area contributed by atoms with Gasteiger partial charge in [0.05, 0.1) is 23.9 Å². The van der Waals surface area contributed by atoms with Gasteiger partial charge >= 0.3 is 12.1 Å². The first-order valence-electron chi connectivity index (χ1n) is 7.57. The number of hydrogen-bond acceptors (Lipinski definition) is 4. The summed E-state index contributed by atoms with van der Waals surface area (Å²) >= 11 is 0. The second kappa shape index (κ2) is 6.72. The highest BCUT2D eigenvalue weighted by molar-refractivity contribution is 5.92. The van der Waals surface area contributed by atoms with Crippen LogP contribution in [-0.4, -0.2) is 34.9 Å². The third-order valence-electron chi connectivity index (χ3n) is 3.89. The Kier molecular flexibility index (Phi) is 4.48. The molecule has 3 rings (SSSR count). The fraction of sp³-hybridized carbons (Fsp3) is 0.222. The van der Waals surface area contributed by atoms with Crippen molar-refractivity contribution in [1.29, 1.82) is 0 Å². The van der Waals surface area contributed by atoms with E-state index in [1.807, 2.05) is 30.3 Å². The first kappa shape index (κ1) is 16.0. The number of aliphatic hydroxyl groups is 1. The molecule has 0 bridgehead atoms. The molecular weight excluding hydrogens is 310 g/mol. The van der Waals surface area contributed by atoms with E-state index in [-0.39, 0.29) is 18.7 Å². The summed E-state index contributed by atoms with van der Waals surface area (Å²) in [5, 5.41) is 19.1. The van der Waals surface area contributed by atoms with E-state index in [0.717, 1.165) is 5.56 Å². The standard InChI is InChI=1S/C18H17NO5/c20-15-9-14-8-13(17(21)22)6-7-16(14)19(10-15)18(23)24-11-12-4-2-1-3-5-12/h1-8,15,20H,9-11H2,(H,21,22). The van der Waals surface area contributed by atoms with Gasteiger partial charge in [0.25, 0.3) is 0 Å². The number of amides is 1. The molecular formula is C18H17NO5. The van der Waals surface area contributed by atoms with Crippen LogP contribution in [-0.2, 0) is 17.8 Å². The maximum atomic E-state index is 12.4. The highest BCUT2D eigenvalue weighted by atomic mass is 16.6. The molecule has 0 fully saturated rings. The number of benzene rings is 2. The highest BCUT2D eigenvalue weighted by Crippen LogP contribution is 2.29. The Morgan fingerprint density at radius 1 is 1.17 bits per heavy atom. The molecule has 1 aliphatic heterocycles. The lowest BCUT2D eigenvalue weighted by atomic mass is 9.98.